The summed E-state index contributed by atoms with van der Waals surface area (Å²) in [4.78, 5) is 2.59. The molecule has 0 radical (unpaired) electrons. The molecular weight excluding hydrogens is 329 g/mol. The summed E-state index contributed by atoms with van der Waals surface area (Å²) in [6, 6.07) is 6.45. The highest BCUT2D eigenvalue weighted by Gasteiger charge is 2.25. The second-order valence-corrected chi connectivity index (χ2v) is 7.40. The standard InChI is InChI=1S/C17H22FN3O2S/c1-17(2,3)15-19-21(16(24)23-15)11-20-8-9-22-14(10-20)12-4-6-13(18)7-5-12/h4-7,14H,8-11H2,1-3H3. The first-order valence-electron chi connectivity index (χ1n) is 8.01. The van der Waals surface area contributed by atoms with Crippen molar-refractivity contribution in [1.82, 2.24) is 14.7 Å². The van der Waals surface area contributed by atoms with E-state index in [1.54, 1.807) is 16.8 Å². The quantitative estimate of drug-likeness (QED) is 0.790. The van der Waals surface area contributed by atoms with Crippen LogP contribution in [-0.4, -0.2) is 34.4 Å². The van der Waals surface area contributed by atoms with Crippen LogP contribution in [0.5, 0.6) is 0 Å². The Hall–Kier alpha value is -1.57. The first kappa shape index (κ1) is 17.3. The van der Waals surface area contributed by atoms with Crippen molar-refractivity contribution in [3.63, 3.8) is 0 Å². The molecule has 0 bridgehead atoms. The van der Waals surface area contributed by atoms with E-state index in [1.165, 1.54) is 12.1 Å². The minimum Gasteiger partial charge on any atom is -0.413 e. The number of ether oxygens (including phenoxy) is 1. The summed E-state index contributed by atoms with van der Waals surface area (Å²) in [6.07, 6.45) is -0.0810. The summed E-state index contributed by atoms with van der Waals surface area (Å²) in [5, 5.41) is 4.50. The molecule has 7 heteroatoms. The van der Waals surface area contributed by atoms with Crippen molar-refractivity contribution in [1.29, 1.82) is 0 Å². The lowest BCUT2D eigenvalue weighted by Gasteiger charge is -2.32. The van der Waals surface area contributed by atoms with Gasteiger partial charge in [-0.3, -0.25) is 4.90 Å². The molecule has 1 atom stereocenters. The number of hydrogen-bond acceptors (Lipinski definition) is 5. The van der Waals surface area contributed by atoms with Crippen LogP contribution in [0.2, 0.25) is 0 Å². The van der Waals surface area contributed by atoms with Gasteiger partial charge < -0.3 is 9.15 Å². The normalized spacial score (nSPS) is 19.6. The van der Waals surface area contributed by atoms with Crippen LogP contribution in [0.3, 0.4) is 0 Å². The lowest BCUT2D eigenvalue weighted by molar-refractivity contribution is -0.0421. The van der Waals surface area contributed by atoms with E-state index in [-0.39, 0.29) is 17.3 Å². The van der Waals surface area contributed by atoms with Crippen LogP contribution in [0, 0.1) is 10.7 Å². The maximum atomic E-state index is 13.1. The van der Waals surface area contributed by atoms with Crippen molar-refractivity contribution < 1.29 is 13.5 Å². The Kier molecular flexibility index (Phi) is 4.85. The van der Waals surface area contributed by atoms with Crippen LogP contribution in [-0.2, 0) is 16.8 Å². The molecule has 3 rings (SSSR count). The van der Waals surface area contributed by atoms with Crippen molar-refractivity contribution in [2.75, 3.05) is 19.7 Å². The van der Waals surface area contributed by atoms with Gasteiger partial charge in [-0.05, 0) is 29.9 Å². The van der Waals surface area contributed by atoms with Gasteiger partial charge in [0.2, 0.25) is 5.89 Å². The maximum absolute atomic E-state index is 13.1. The molecule has 0 saturated carbocycles. The zero-order valence-electron chi connectivity index (χ0n) is 14.2. The third-order valence-electron chi connectivity index (χ3n) is 3.97. The highest BCUT2D eigenvalue weighted by molar-refractivity contribution is 7.71. The summed E-state index contributed by atoms with van der Waals surface area (Å²) >= 11 is 5.28. The largest absolute Gasteiger partial charge is 0.413 e. The van der Waals surface area contributed by atoms with Crippen LogP contribution in [0.25, 0.3) is 0 Å². The monoisotopic (exact) mass is 351 g/mol. The Morgan fingerprint density at radius 2 is 2.00 bits per heavy atom. The summed E-state index contributed by atoms with van der Waals surface area (Å²) < 4.78 is 26.2. The number of halogens is 1. The maximum Gasteiger partial charge on any atom is 0.288 e. The van der Waals surface area contributed by atoms with E-state index >= 15 is 0 Å². The Morgan fingerprint density at radius 3 is 2.62 bits per heavy atom. The van der Waals surface area contributed by atoms with Gasteiger partial charge in [-0.2, -0.15) is 0 Å². The summed E-state index contributed by atoms with van der Waals surface area (Å²) in [5.74, 6) is 0.394. The zero-order valence-corrected chi connectivity index (χ0v) is 15.0. The fraction of sp³-hybridized carbons (Fsp3) is 0.529. The smallest absolute Gasteiger partial charge is 0.288 e. The molecule has 0 N–H and O–H groups in total. The molecule has 1 aliphatic rings. The third-order valence-corrected chi connectivity index (χ3v) is 4.27. The van der Waals surface area contributed by atoms with E-state index in [0.717, 1.165) is 12.1 Å². The Morgan fingerprint density at radius 1 is 1.29 bits per heavy atom. The molecule has 1 aliphatic heterocycles. The molecule has 1 saturated heterocycles. The van der Waals surface area contributed by atoms with Gasteiger partial charge >= 0.3 is 0 Å². The fourth-order valence-electron chi connectivity index (χ4n) is 2.60. The average Bonchev–Trinajstić information content (AvgIpc) is 2.90. The van der Waals surface area contributed by atoms with Crippen molar-refractivity contribution in [3.8, 4) is 0 Å². The fourth-order valence-corrected chi connectivity index (χ4v) is 2.78. The lowest BCUT2D eigenvalue weighted by Crippen LogP contribution is -2.39. The van der Waals surface area contributed by atoms with E-state index in [1.807, 2.05) is 20.8 Å². The number of morpholine rings is 1. The van der Waals surface area contributed by atoms with Gasteiger partial charge in [0.1, 0.15) is 5.82 Å². The van der Waals surface area contributed by atoms with Gasteiger partial charge in [-0.25, -0.2) is 9.07 Å². The predicted octanol–water partition coefficient (Wildman–Crippen LogP) is 3.67. The van der Waals surface area contributed by atoms with Crippen LogP contribution >= 0.6 is 12.2 Å². The number of hydrogen-bond donors (Lipinski definition) is 0. The molecule has 1 unspecified atom stereocenters. The van der Waals surface area contributed by atoms with Crippen LogP contribution in [0.1, 0.15) is 38.3 Å². The van der Waals surface area contributed by atoms with Crippen molar-refractivity contribution >= 4 is 12.2 Å². The van der Waals surface area contributed by atoms with E-state index in [4.69, 9.17) is 21.4 Å². The molecule has 1 fully saturated rings. The third kappa shape index (κ3) is 3.91. The number of rotatable bonds is 3. The molecule has 130 valence electrons. The SMILES string of the molecule is CC(C)(C)c1nn(CN2CCOC(c3ccc(F)cc3)C2)c(=S)o1. The van der Waals surface area contributed by atoms with Crippen LogP contribution in [0.15, 0.2) is 28.7 Å². The lowest BCUT2D eigenvalue weighted by atomic mass is 9.97. The molecule has 24 heavy (non-hydrogen) atoms. The Balaban J connectivity index is 1.71. The number of nitrogens with zero attached hydrogens (tertiary/aromatic N) is 3. The molecule has 1 aromatic carbocycles. The molecule has 1 aromatic heterocycles. The number of benzene rings is 1. The predicted molar refractivity (Wildman–Crippen MR) is 90.7 cm³/mol. The second-order valence-electron chi connectivity index (χ2n) is 7.05. The van der Waals surface area contributed by atoms with E-state index < -0.39 is 0 Å². The first-order valence-corrected chi connectivity index (χ1v) is 8.41. The van der Waals surface area contributed by atoms with Gasteiger partial charge in [0.25, 0.3) is 4.84 Å². The minimum atomic E-state index is -0.241. The zero-order chi connectivity index (χ0) is 17.3. The highest BCUT2D eigenvalue weighted by Crippen LogP contribution is 2.24. The summed E-state index contributed by atoms with van der Waals surface area (Å²) in [7, 11) is 0. The molecule has 0 amide bonds. The Bertz CT molecular complexity index is 748. The second kappa shape index (κ2) is 6.74. The minimum absolute atomic E-state index is 0.0810. The van der Waals surface area contributed by atoms with E-state index in [9.17, 15) is 4.39 Å². The number of aromatic nitrogens is 2. The van der Waals surface area contributed by atoms with Gasteiger partial charge in [0.15, 0.2) is 0 Å². The molecule has 2 heterocycles. The van der Waals surface area contributed by atoms with Crippen LogP contribution in [0.4, 0.5) is 4.39 Å². The van der Waals surface area contributed by atoms with Gasteiger partial charge in [0, 0.05) is 18.5 Å². The average molecular weight is 351 g/mol. The molecular formula is C17H22FN3O2S. The molecule has 5 nitrogen and oxygen atoms in total. The summed E-state index contributed by atoms with van der Waals surface area (Å²) in [5.41, 5.74) is 0.792. The van der Waals surface area contributed by atoms with Crippen molar-refractivity contribution in [3.05, 3.63) is 46.4 Å². The summed E-state index contributed by atoms with van der Waals surface area (Å²) in [6.45, 7) is 8.77. The molecule has 0 spiro atoms. The van der Waals surface area contributed by atoms with E-state index in [0.29, 0.717) is 30.5 Å². The molecule has 0 aliphatic carbocycles. The van der Waals surface area contributed by atoms with E-state index in [2.05, 4.69) is 10.00 Å². The Labute approximate surface area is 146 Å². The van der Waals surface area contributed by atoms with Gasteiger partial charge in [0.05, 0.1) is 19.4 Å². The molecule has 2 aromatic rings. The highest BCUT2D eigenvalue weighted by atomic mass is 32.1. The van der Waals surface area contributed by atoms with Crippen LogP contribution < -0.4 is 0 Å². The van der Waals surface area contributed by atoms with Gasteiger partial charge in [-0.15, -0.1) is 5.10 Å². The van der Waals surface area contributed by atoms with Crippen molar-refractivity contribution in [2.45, 2.75) is 39.0 Å². The first-order chi connectivity index (χ1) is 11.3. The van der Waals surface area contributed by atoms with Crippen molar-refractivity contribution in [2.24, 2.45) is 0 Å². The van der Waals surface area contributed by atoms with Gasteiger partial charge in [-0.1, -0.05) is 32.9 Å². The topological polar surface area (TPSA) is 43.4 Å².